The number of rotatable bonds is 1. The zero-order valence-corrected chi connectivity index (χ0v) is 5.02. The summed E-state index contributed by atoms with van der Waals surface area (Å²) < 4.78 is 37.3. The lowest BCUT2D eigenvalue weighted by Crippen LogP contribution is -2.43. The molecular weight excluding hydrogens is 100 g/mol. The van der Waals surface area contributed by atoms with Gasteiger partial charge in [0.2, 0.25) is 0 Å². The van der Waals surface area contributed by atoms with Gasteiger partial charge in [-0.3, -0.25) is 0 Å². The molecule has 1 saturated heterocycles. The van der Waals surface area contributed by atoms with E-state index in [9.17, 15) is 0 Å². The molecular formula is C6H14N2. The summed E-state index contributed by atoms with van der Waals surface area (Å²) in [5.74, 6) is 0. The van der Waals surface area contributed by atoms with Crippen molar-refractivity contribution >= 4 is 0 Å². The van der Waals surface area contributed by atoms with Crippen molar-refractivity contribution in [2.24, 2.45) is 0 Å². The van der Waals surface area contributed by atoms with Gasteiger partial charge >= 0.3 is 0 Å². The van der Waals surface area contributed by atoms with E-state index in [2.05, 4.69) is 0 Å². The minimum absolute atomic E-state index is 0.236. The summed E-state index contributed by atoms with van der Waals surface area (Å²) in [5.41, 5.74) is 0. The van der Waals surface area contributed by atoms with E-state index >= 15 is 0 Å². The molecule has 0 radical (unpaired) electrons. The Kier molecular flexibility index (Phi) is 0.866. The average Bonchev–Trinajstić information content (AvgIpc) is 2.02. The fourth-order valence-electron chi connectivity index (χ4n) is 0.626. The first-order chi connectivity index (χ1) is 5.84. The van der Waals surface area contributed by atoms with Gasteiger partial charge in [0.25, 0.3) is 0 Å². The molecule has 0 aromatic carbocycles. The molecule has 1 heterocycles. The molecule has 1 aliphatic rings. The molecule has 0 aromatic heterocycles. The quantitative estimate of drug-likeness (QED) is 0.519. The topological polar surface area (TPSA) is 15.3 Å². The molecule has 1 N–H and O–H groups in total. The van der Waals surface area contributed by atoms with E-state index < -0.39 is 13.0 Å². The number of hydrogen-bond donors (Lipinski definition) is 1. The number of piperazine rings is 1. The van der Waals surface area contributed by atoms with Crippen LogP contribution in [0.25, 0.3) is 0 Å². The molecule has 1 fully saturated rings. The van der Waals surface area contributed by atoms with Gasteiger partial charge in [0, 0.05) is 31.6 Å². The summed E-state index contributed by atoms with van der Waals surface area (Å²) >= 11 is 0. The average molecular weight is 119 g/mol. The Hall–Kier alpha value is -0.0800. The molecule has 1 rings (SSSR count). The van der Waals surface area contributed by atoms with Crippen molar-refractivity contribution in [3.05, 3.63) is 0 Å². The molecule has 0 aromatic rings. The lowest BCUT2D eigenvalue weighted by molar-refractivity contribution is 0.253. The maximum absolute atomic E-state index is 7.57. The third-order valence-electron chi connectivity index (χ3n) is 1.15. The highest BCUT2D eigenvalue weighted by Crippen LogP contribution is 1.88. The summed E-state index contributed by atoms with van der Waals surface area (Å²) in [5, 5.41) is 0.680. The van der Waals surface area contributed by atoms with Crippen molar-refractivity contribution in [3.63, 3.8) is 0 Å². The highest BCUT2D eigenvalue weighted by Gasteiger charge is 2.04. The first kappa shape index (κ1) is 2.27. The second kappa shape index (κ2) is 3.05. The summed E-state index contributed by atoms with van der Waals surface area (Å²) in [4.78, 5) is 1.41. The number of hydrogen-bond acceptors (Lipinski definition) is 2. The molecule has 0 bridgehead atoms. The van der Waals surface area contributed by atoms with Gasteiger partial charge in [0.05, 0.1) is 0 Å². The van der Waals surface area contributed by atoms with Gasteiger partial charge in [-0.25, -0.2) is 0 Å². The minimum atomic E-state index is -2.23. The first-order valence-electron chi connectivity index (χ1n) is 5.30. The lowest BCUT2D eigenvalue weighted by atomic mass is 10.4. The molecule has 48 valence electrons. The van der Waals surface area contributed by atoms with Crippen LogP contribution in [0.3, 0.4) is 0 Å². The predicted molar refractivity (Wildman–Crippen MR) is 35.0 cm³/mol. The minimum Gasteiger partial charge on any atom is -0.314 e. The molecule has 0 atom stereocenters. The van der Waals surface area contributed by atoms with Crippen molar-refractivity contribution in [2.45, 2.75) is 6.92 Å². The summed E-state index contributed by atoms with van der Waals surface area (Å²) in [6.45, 7) is -1.44. The normalized spacial score (nSPS) is 47.9. The van der Waals surface area contributed by atoms with E-state index in [1.165, 1.54) is 4.90 Å². The monoisotopic (exact) mass is 119 g/mol. The predicted octanol–water partition coefficient (Wildman–Crippen LogP) is -0.0885. The molecule has 0 spiro atoms. The third kappa shape index (κ3) is 1.46. The smallest absolute Gasteiger partial charge is 0.122 e. The zero-order chi connectivity index (χ0) is 10.3. The Morgan fingerprint density at radius 1 is 2.00 bits per heavy atom. The standard InChI is InChI=1S/C6H14N2/c1-2-8-5-3-7-4-6-8/h7H,2-6H2,1H3/i3D2,5D2/hD. The SMILES string of the molecule is [2H]N1CCN(CC)C([2H])([2H])C1([2H])[2H]. The van der Waals surface area contributed by atoms with Crippen LogP contribution in [0, 0.1) is 0 Å². The van der Waals surface area contributed by atoms with Crippen molar-refractivity contribution in [1.29, 1.82) is 0 Å². The molecule has 2 nitrogen and oxygen atoms in total. The van der Waals surface area contributed by atoms with Crippen LogP contribution in [-0.4, -0.2) is 37.5 Å². The molecule has 0 saturated carbocycles. The van der Waals surface area contributed by atoms with Crippen molar-refractivity contribution in [3.8, 4) is 0 Å². The van der Waals surface area contributed by atoms with Crippen molar-refractivity contribution in [1.82, 2.24) is 10.2 Å². The van der Waals surface area contributed by atoms with Crippen molar-refractivity contribution < 1.29 is 6.89 Å². The molecule has 2 heteroatoms. The van der Waals surface area contributed by atoms with Crippen LogP contribution in [0.2, 0.25) is 1.41 Å². The van der Waals surface area contributed by atoms with Gasteiger partial charge in [0.15, 0.2) is 0 Å². The van der Waals surface area contributed by atoms with Crippen LogP contribution in [0.1, 0.15) is 12.4 Å². The highest BCUT2D eigenvalue weighted by molar-refractivity contribution is 4.64. The Morgan fingerprint density at radius 2 is 2.88 bits per heavy atom. The van der Waals surface area contributed by atoms with Gasteiger partial charge in [0.1, 0.15) is 1.41 Å². The number of nitrogens with zero attached hydrogens (tertiary/aromatic N) is 1. The van der Waals surface area contributed by atoms with E-state index in [4.69, 9.17) is 6.89 Å². The molecule has 8 heavy (non-hydrogen) atoms. The largest absolute Gasteiger partial charge is 0.314 e. The van der Waals surface area contributed by atoms with E-state index in [0.29, 0.717) is 18.4 Å². The first-order valence-corrected chi connectivity index (χ1v) is 2.85. The van der Waals surface area contributed by atoms with Crippen LogP contribution in [0.5, 0.6) is 0 Å². The summed E-state index contributed by atoms with van der Waals surface area (Å²) in [6.07, 6.45) is 0. The zero-order valence-electron chi connectivity index (χ0n) is 10.0. The Bertz CT molecular complexity index is 195. The maximum Gasteiger partial charge on any atom is 0.122 e. The molecule has 0 amide bonds. The second-order valence-electron chi connectivity index (χ2n) is 1.68. The van der Waals surface area contributed by atoms with E-state index in [-0.39, 0.29) is 6.54 Å². The highest BCUT2D eigenvalue weighted by atomic mass is 15.2. The Morgan fingerprint density at radius 3 is 3.62 bits per heavy atom. The van der Waals surface area contributed by atoms with Crippen LogP contribution in [0.15, 0.2) is 0 Å². The molecule has 0 unspecified atom stereocenters. The number of likely N-dealkylation sites (N-methyl/N-ethyl adjacent to an activating group) is 1. The Labute approximate surface area is 58.0 Å². The maximum atomic E-state index is 7.57. The second-order valence-corrected chi connectivity index (χ2v) is 1.68. The van der Waals surface area contributed by atoms with E-state index in [0.717, 1.165) is 0 Å². The van der Waals surface area contributed by atoms with Crippen molar-refractivity contribution in [2.75, 3.05) is 32.6 Å². The molecule has 0 aliphatic carbocycles. The van der Waals surface area contributed by atoms with Crippen LogP contribution in [0.4, 0.5) is 0 Å². The van der Waals surface area contributed by atoms with Gasteiger partial charge in [-0.1, -0.05) is 6.92 Å². The molecule has 1 aliphatic heterocycles. The van der Waals surface area contributed by atoms with Gasteiger partial charge in [-0.15, -0.1) is 0 Å². The summed E-state index contributed by atoms with van der Waals surface area (Å²) in [7, 11) is 0. The van der Waals surface area contributed by atoms with Gasteiger partial charge in [-0.05, 0) is 6.54 Å². The van der Waals surface area contributed by atoms with Crippen LogP contribution < -0.4 is 5.31 Å². The Balaban J connectivity index is 2.92. The fourth-order valence-corrected chi connectivity index (χ4v) is 0.626. The van der Waals surface area contributed by atoms with E-state index in [1.54, 1.807) is 6.92 Å². The third-order valence-corrected chi connectivity index (χ3v) is 1.15. The van der Waals surface area contributed by atoms with Gasteiger partial charge in [-0.2, -0.15) is 0 Å². The van der Waals surface area contributed by atoms with Crippen LogP contribution >= 0.6 is 0 Å². The van der Waals surface area contributed by atoms with Crippen LogP contribution in [-0.2, 0) is 0 Å². The van der Waals surface area contributed by atoms with E-state index in [1.807, 2.05) is 0 Å². The lowest BCUT2D eigenvalue weighted by Gasteiger charge is -2.25. The van der Waals surface area contributed by atoms with Gasteiger partial charge < -0.3 is 10.2 Å². The summed E-state index contributed by atoms with van der Waals surface area (Å²) in [6, 6.07) is 0. The fraction of sp³-hybridized carbons (Fsp3) is 1.00. The number of nitrogens with one attached hydrogen (secondary N) is 1.